The Balaban J connectivity index is 1.79. The zero-order chi connectivity index (χ0) is 16.5. The van der Waals surface area contributed by atoms with E-state index in [0.717, 1.165) is 44.0 Å². The molecule has 1 aromatic carbocycles. The van der Waals surface area contributed by atoms with E-state index >= 15 is 0 Å². The van der Waals surface area contributed by atoms with Crippen molar-refractivity contribution in [2.45, 2.75) is 19.8 Å². The van der Waals surface area contributed by atoms with E-state index in [1.807, 2.05) is 13.0 Å². The molecule has 0 atom stereocenters. The molecule has 0 saturated carbocycles. The lowest BCUT2D eigenvalue weighted by molar-refractivity contribution is 0.425. The number of hydrogen-bond acceptors (Lipinski definition) is 5. The number of anilines is 2. The van der Waals surface area contributed by atoms with Crippen LogP contribution in [0.1, 0.15) is 17.7 Å². The predicted molar refractivity (Wildman–Crippen MR) is 97.1 cm³/mol. The van der Waals surface area contributed by atoms with Gasteiger partial charge in [-0.05, 0) is 39.4 Å². The van der Waals surface area contributed by atoms with Crippen LogP contribution in [-0.2, 0) is 6.42 Å². The minimum absolute atomic E-state index is 0.692. The summed E-state index contributed by atoms with van der Waals surface area (Å²) in [5, 5.41) is 6.66. The van der Waals surface area contributed by atoms with Crippen LogP contribution in [0.15, 0.2) is 36.4 Å². The molecule has 0 aliphatic carbocycles. The third kappa shape index (κ3) is 6.65. The van der Waals surface area contributed by atoms with Crippen molar-refractivity contribution in [1.82, 2.24) is 14.9 Å². The quantitative estimate of drug-likeness (QED) is 0.697. The first kappa shape index (κ1) is 17.2. The summed E-state index contributed by atoms with van der Waals surface area (Å²) in [5.41, 5.74) is 2.34. The van der Waals surface area contributed by atoms with Crippen molar-refractivity contribution in [1.29, 1.82) is 0 Å². The van der Waals surface area contributed by atoms with Crippen molar-refractivity contribution in [2.75, 3.05) is 44.4 Å². The lowest BCUT2D eigenvalue weighted by Gasteiger charge is -2.12. The molecule has 0 radical (unpaired) electrons. The maximum Gasteiger partial charge on any atom is 0.224 e. The number of benzene rings is 1. The molecule has 2 rings (SSSR count). The van der Waals surface area contributed by atoms with Gasteiger partial charge in [-0.25, -0.2) is 4.98 Å². The maximum absolute atomic E-state index is 4.52. The summed E-state index contributed by atoms with van der Waals surface area (Å²) < 4.78 is 0. The van der Waals surface area contributed by atoms with Gasteiger partial charge in [0.15, 0.2) is 0 Å². The first-order valence-corrected chi connectivity index (χ1v) is 8.15. The summed E-state index contributed by atoms with van der Waals surface area (Å²) >= 11 is 0. The number of nitrogens with zero attached hydrogens (tertiary/aromatic N) is 3. The lowest BCUT2D eigenvalue weighted by Crippen LogP contribution is -2.21. The Morgan fingerprint density at radius 1 is 1.00 bits per heavy atom. The van der Waals surface area contributed by atoms with Gasteiger partial charge in [-0.3, -0.25) is 0 Å². The van der Waals surface area contributed by atoms with E-state index in [2.05, 4.69) is 69.9 Å². The first-order chi connectivity index (χ1) is 11.1. The standard InChI is InChI=1S/C18H27N5/c1-15-14-17(22-18(21-15)20-12-13-23(2)3)19-11-7-10-16-8-5-4-6-9-16/h4-6,8-9,14H,7,10-13H2,1-3H3,(H2,19,20,21,22). The van der Waals surface area contributed by atoms with Gasteiger partial charge in [-0.15, -0.1) is 0 Å². The van der Waals surface area contributed by atoms with Gasteiger partial charge in [-0.1, -0.05) is 30.3 Å². The average molecular weight is 313 g/mol. The Kier molecular flexibility index (Phi) is 6.81. The number of aromatic nitrogens is 2. The minimum atomic E-state index is 0.692. The second-order valence-electron chi connectivity index (χ2n) is 5.96. The Labute approximate surface area is 139 Å². The minimum Gasteiger partial charge on any atom is -0.370 e. The molecular weight excluding hydrogens is 286 g/mol. The molecule has 1 aromatic heterocycles. The first-order valence-electron chi connectivity index (χ1n) is 8.15. The molecule has 23 heavy (non-hydrogen) atoms. The van der Waals surface area contributed by atoms with Crippen molar-refractivity contribution in [3.63, 3.8) is 0 Å². The SMILES string of the molecule is Cc1cc(NCCCc2ccccc2)nc(NCCN(C)C)n1. The Morgan fingerprint density at radius 3 is 2.52 bits per heavy atom. The number of likely N-dealkylation sites (N-methyl/N-ethyl adjacent to an activating group) is 1. The van der Waals surface area contributed by atoms with E-state index in [1.165, 1.54) is 5.56 Å². The molecule has 5 nitrogen and oxygen atoms in total. The van der Waals surface area contributed by atoms with Gasteiger partial charge >= 0.3 is 0 Å². The lowest BCUT2D eigenvalue weighted by atomic mass is 10.1. The van der Waals surface area contributed by atoms with Crippen LogP contribution in [0.2, 0.25) is 0 Å². The molecule has 0 spiro atoms. The van der Waals surface area contributed by atoms with E-state index in [-0.39, 0.29) is 0 Å². The van der Waals surface area contributed by atoms with E-state index in [1.54, 1.807) is 0 Å². The average Bonchev–Trinajstić information content (AvgIpc) is 2.52. The Hall–Kier alpha value is -2.14. The fourth-order valence-electron chi connectivity index (χ4n) is 2.28. The van der Waals surface area contributed by atoms with Gasteiger partial charge in [0.25, 0.3) is 0 Å². The molecule has 2 N–H and O–H groups in total. The van der Waals surface area contributed by atoms with Gasteiger partial charge in [0.2, 0.25) is 5.95 Å². The summed E-state index contributed by atoms with van der Waals surface area (Å²) in [6, 6.07) is 12.5. The summed E-state index contributed by atoms with van der Waals surface area (Å²) in [4.78, 5) is 11.1. The summed E-state index contributed by atoms with van der Waals surface area (Å²) in [5.74, 6) is 1.58. The highest BCUT2D eigenvalue weighted by molar-refractivity contribution is 5.42. The number of aryl methyl sites for hydroxylation is 2. The van der Waals surface area contributed by atoms with E-state index in [0.29, 0.717) is 5.95 Å². The van der Waals surface area contributed by atoms with Crippen molar-refractivity contribution >= 4 is 11.8 Å². The number of rotatable bonds is 9. The zero-order valence-electron chi connectivity index (χ0n) is 14.3. The van der Waals surface area contributed by atoms with Crippen LogP contribution < -0.4 is 10.6 Å². The highest BCUT2D eigenvalue weighted by Gasteiger charge is 2.02. The molecule has 0 unspecified atom stereocenters. The molecule has 2 aromatic rings. The number of nitrogens with one attached hydrogen (secondary N) is 2. The third-order valence-electron chi connectivity index (χ3n) is 3.49. The predicted octanol–water partition coefficient (Wildman–Crippen LogP) is 2.80. The molecule has 0 bridgehead atoms. The van der Waals surface area contributed by atoms with Crippen LogP contribution in [0.3, 0.4) is 0 Å². The summed E-state index contributed by atoms with van der Waals surface area (Å²) in [7, 11) is 4.11. The van der Waals surface area contributed by atoms with E-state index in [9.17, 15) is 0 Å². The maximum atomic E-state index is 4.52. The van der Waals surface area contributed by atoms with Crippen molar-refractivity contribution in [2.24, 2.45) is 0 Å². The van der Waals surface area contributed by atoms with Crippen LogP contribution >= 0.6 is 0 Å². The number of hydrogen-bond donors (Lipinski definition) is 2. The normalized spacial score (nSPS) is 10.8. The second-order valence-corrected chi connectivity index (χ2v) is 5.96. The van der Waals surface area contributed by atoms with Gasteiger partial charge in [0, 0.05) is 31.4 Å². The highest BCUT2D eigenvalue weighted by Crippen LogP contribution is 2.10. The van der Waals surface area contributed by atoms with Gasteiger partial charge in [-0.2, -0.15) is 4.98 Å². The fourth-order valence-corrected chi connectivity index (χ4v) is 2.28. The van der Waals surface area contributed by atoms with Crippen LogP contribution in [0, 0.1) is 6.92 Å². The van der Waals surface area contributed by atoms with E-state index in [4.69, 9.17) is 0 Å². The van der Waals surface area contributed by atoms with Gasteiger partial charge < -0.3 is 15.5 Å². The van der Waals surface area contributed by atoms with Crippen LogP contribution in [-0.4, -0.2) is 48.6 Å². The Bertz CT molecular complexity index is 583. The second kappa shape index (κ2) is 9.10. The highest BCUT2D eigenvalue weighted by atomic mass is 15.2. The monoisotopic (exact) mass is 313 g/mol. The van der Waals surface area contributed by atoms with Crippen molar-refractivity contribution < 1.29 is 0 Å². The molecule has 5 heteroatoms. The van der Waals surface area contributed by atoms with E-state index < -0.39 is 0 Å². The molecule has 124 valence electrons. The van der Waals surface area contributed by atoms with Crippen LogP contribution in [0.4, 0.5) is 11.8 Å². The van der Waals surface area contributed by atoms with Crippen molar-refractivity contribution in [3.8, 4) is 0 Å². The Morgan fingerprint density at radius 2 is 1.78 bits per heavy atom. The largest absolute Gasteiger partial charge is 0.370 e. The fraction of sp³-hybridized carbons (Fsp3) is 0.444. The molecule has 0 aliphatic heterocycles. The molecule has 0 saturated heterocycles. The van der Waals surface area contributed by atoms with Crippen LogP contribution in [0.5, 0.6) is 0 Å². The molecule has 1 heterocycles. The third-order valence-corrected chi connectivity index (χ3v) is 3.49. The summed E-state index contributed by atoms with van der Waals surface area (Å²) in [6.45, 7) is 4.69. The van der Waals surface area contributed by atoms with Crippen molar-refractivity contribution in [3.05, 3.63) is 47.7 Å². The van der Waals surface area contributed by atoms with Crippen LogP contribution in [0.25, 0.3) is 0 Å². The molecule has 0 amide bonds. The molecule has 0 aliphatic rings. The smallest absolute Gasteiger partial charge is 0.224 e. The molecule has 0 fully saturated rings. The zero-order valence-corrected chi connectivity index (χ0v) is 14.3. The topological polar surface area (TPSA) is 53.1 Å². The van der Waals surface area contributed by atoms with Gasteiger partial charge in [0.1, 0.15) is 5.82 Å². The molecular formula is C18H27N5. The summed E-state index contributed by atoms with van der Waals surface area (Å²) in [6.07, 6.45) is 2.16. The van der Waals surface area contributed by atoms with Gasteiger partial charge in [0.05, 0.1) is 0 Å².